The molecule has 3 rings (SSSR count). The normalized spacial score (nSPS) is 18.4. The van der Waals surface area contributed by atoms with E-state index in [2.05, 4.69) is 4.74 Å². The van der Waals surface area contributed by atoms with Crippen LogP contribution in [-0.2, 0) is 28.7 Å². The minimum Gasteiger partial charge on any atom is -0.456 e. The van der Waals surface area contributed by atoms with Gasteiger partial charge >= 0.3 is 18.5 Å². The maximum atomic E-state index is 14.9. The van der Waals surface area contributed by atoms with E-state index >= 15 is 0 Å². The predicted octanol–water partition coefficient (Wildman–Crippen LogP) is 0.815. The van der Waals surface area contributed by atoms with E-state index in [0.717, 1.165) is 29.0 Å². The van der Waals surface area contributed by atoms with Crippen molar-refractivity contribution in [1.82, 2.24) is 10.4 Å². The summed E-state index contributed by atoms with van der Waals surface area (Å²) in [5.74, 6) is -4.81. The first kappa shape index (κ1) is 26.0. The minimum atomic E-state index is -3.23. The van der Waals surface area contributed by atoms with Gasteiger partial charge in [-0.05, 0) is 0 Å². The molecule has 1 N–H and O–H groups in total. The van der Waals surface area contributed by atoms with Crippen molar-refractivity contribution in [2.45, 2.75) is 19.5 Å². The van der Waals surface area contributed by atoms with Crippen LogP contribution in [0.4, 0.5) is 33.7 Å². The average Bonchev–Trinajstić information content (AvgIpc) is 2.99. The summed E-state index contributed by atoms with van der Waals surface area (Å²) in [5, 5.41) is 2.86. The number of amides is 3. The summed E-state index contributed by atoms with van der Waals surface area (Å²) in [7, 11) is 0. The number of ether oxygens (including phenoxy) is 2. The van der Waals surface area contributed by atoms with Crippen LogP contribution >= 0.6 is 0 Å². The SMILES string of the molecule is CC(=O)OCC(=O)N1CCN(c2c(F)cc(N3C[C@H](CNC(=O)C(F)F)OC3=O)cc2F)CCO1. The van der Waals surface area contributed by atoms with E-state index in [4.69, 9.17) is 9.57 Å². The third-order valence-electron chi connectivity index (χ3n) is 5.06. The number of cyclic esters (lactones) is 1. The molecule has 0 unspecified atom stereocenters. The van der Waals surface area contributed by atoms with E-state index in [1.165, 1.54) is 4.90 Å². The molecule has 3 amide bonds. The molecule has 1 aromatic carbocycles. The first-order valence-corrected chi connectivity index (χ1v) is 10.4. The Hall–Kier alpha value is -3.62. The fraction of sp³-hybridized carbons (Fsp3) is 0.500. The van der Waals surface area contributed by atoms with Crippen molar-refractivity contribution in [3.8, 4) is 0 Å². The molecule has 1 aromatic rings. The van der Waals surface area contributed by atoms with Crippen LogP contribution in [0.2, 0.25) is 0 Å². The molecule has 2 aliphatic heterocycles. The van der Waals surface area contributed by atoms with Crippen molar-refractivity contribution in [3.05, 3.63) is 23.8 Å². The highest BCUT2D eigenvalue weighted by molar-refractivity contribution is 5.90. The molecule has 0 saturated carbocycles. The number of esters is 1. The Morgan fingerprint density at radius 2 is 1.86 bits per heavy atom. The molecule has 0 aliphatic carbocycles. The molecule has 2 saturated heterocycles. The maximum Gasteiger partial charge on any atom is 0.414 e. The molecular formula is C20H22F4N4O7. The Kier molecular flexibility index (Phi) is 8.32. The van der Waals surface area contributed by atoms with Gasteiger partial charge in [0.15, 0.2) is 18.2 Å². The van der Waals surface area contributed by atoms with Crippen LogP contribution in [-0.4, -0.2) is 87.4 Å². The van der Waals surface area contributed by atoms with Crippen LogP contribution in [0.5, 0.6) is 0 Å². The first-order valence-electron chi connectivity index (χ1n) is 10.4. The number of rotatable bonds is 7. The molecule has 2 heterocycles. The summed E-state index contributed by atoms with van der Waals surface area (Å²) >= 11 is 0. The minimum absolute atomic E-state index is 0.00331. The van der Waals surface area contributed by atoms with Crippen molar-refractivity contribution < 1.29 is 51.1 Å². The van der Waals surface area contributed by atoms with Crippen molar-refractivity contribution in [2.75, 3.05) is 55.7 Å². The Balaban J connectivity index is 1.65. The molecule has 192 valence electrons. The van der Waals surface area contributed by atoms with Gasteiger partial charge in [-0.3, -0.25) is 24.1 Å². The third kappa shape index (κ3) is 6.49. The van der Waals surface area contributed by atoms with Gasteiger partial charge in [-0.2, -0.15) is 8.78 Å². The van der Waals surface area contributed by atoms with Gasteiger partial charge in [-0.15, -0.1) is 0 Å². The Bertz CT molecular complexity index is 973. The molecule has 1 atom stereocenters. The second kappa shape index (κ2) is 11.2. The Labute approximate surface area is 196 Å². The van der Waals surface area contributed by atoms with E-state index in [1.807, 2.05) is 5.32 Å². The lowest BCUT2D eigenvalue weighted by Crippen LogP contribution is -2.37. The number of anilines is 2. The Morgan fingerprint density at radius 3 is 2.49 bits per heavy atom. The topological polar surface area (TPSA) is 118 Å². The van der Waals surface area contributed by atoms with E-state index < -0.39 is 66.9 Å². The molecule has 0 spiro atoms. The Morgan fingerprint density at radius 1 is 1.17 bits per heavy atom. The number of alkyl halides is 2. The van der Waals surface area contributed by atoms with E-state index in [-0.39, 0.29) is 38.5 Å². The highest BCUT2D eigenvalue weighted by Crippen LogP contribution is 2.31. The van der Waals surface area contributed by atoms with Crippen LogP contribution in [0.3, 0.4) is 0 Å². The predicted molar refractivity (Wildman–Crippen MR) is 109 cm³/mol. The largest absolute Gasteiger partial charge is 0.456 e. The molecule has 0 bridgehead atoms. The van der Waals surface area contributed by atoms with Gasteiger partial charge in [0.05, 0.1) is 31.9 Å². The van der Waals surface area contributed by atoms with Crippen molar-refractivity contribution in [1.29, 1.82) is 0 Å². The maximum absolute atomic E-state index is 14.9. The van der Waals surface area contributed by atoms with E-state index in [9.17, 15) is 36.7 Å². The molecule has 2 fully saturated rings. The number of carbonyl (C=O) groups is 4. The van der Waals surface area contributed by atoms with Crippen molar-refractivity contribution >= 4 is 35.3 Å². The zero-order chi connectivity index (χ0) is 25.7. The second-order valence-corrected chi connectivity index (χ2v) is 7.52. The van der Waals surface area contributed by atoms with E-state index in [0.29, 0.717) is 0 Å². The lowest BCUT2D eigenvalue weighted by atomic mass is 10.2. The zero-order valence-corrected chi connectivity index (χ0v) is 18.5. The second-order valence-electron chi connectivity index (χ2n) is 7.52. The zero-order valence-electron chi connectivity index (χ0n) is 18.5. The monoisotopic (exact) mass is 506 g/mol. The van der Waals surface area contributed by atoms with Gasteiger partial charge in [0.1, 0.15) is 11.8 Å². The number of hydroxylamine groups is 2. The fourth-order valence-corrected chi connectivity index (χ4v) is 3.45. The van der Waals surface area contributed by atoms with Gasteiger partial charge in [0.2, 0.25) is 0 Å². The molecule has 15 heteroatoms. The van der Waals surface area contributed by atoms with Gasteiger partial charge in [-0.25, -0.2) is 18.6 Å². The van der Waals surface area contributed by atoms with Crippen LogP contribution < -0.4 is 15.1 Å². The summed E-state index contributed by atoms with van der Waals surface area (Å²) in [4.78, 5) is 53.5. The highest BCUT2D eigenvalue weighted by atomic mass is 19.3. The third-order valence-corrected chi connectivity index (χ3v) is 5.06. The number of carbonyl (C=O) groups excluding carboxylic acids is 4. The number of nitrogens with one attached hydrogen (secondary N) is 1. The van der Waals surface area contributed by atoms with E-state index in [1.54, 1.807) is 0 Å². The molecule has 2 aliphatic rings. The van der Waals surface area contributed by atoms with Crippen LogP contribution in [0.1, 0.15) is 6.92 Å². The van der Waals surface area contributed by atoms with Crippen molar-refractivity contribution in [2.24, 2.45) is 0 Å². The number of benzene rings is 1. The quantitative estimate of drug-likeness (QED) is 0.427. The smallest absolute Gasteiger partial charge is 0.414 e. The molecule has 11 nitrogen and oxygen atoms in total. The van der Waals surface area contributed by atoms with Crippen LogP contribution in [0.25, 0.3) is 0 Å². The summed E-state index contributed by atoms with van der Waals surface area (Å²) in [6, 6.07) is 1.82. The lowest BCUT2D eigenvalue weighted by Gasteiger charge is -2.24. The lowest BCUT2D eigenvalue weighted by molar-refractivity contribution is -0.187. The summed E-state index contributed by atoms with van der Waals surface area (Å²) in [6.45, 7) is -0.139. The fourth-order valence-electron chi connectivity index (χ4n) is 3.45. The molecule has 0 aromatic heterocycles. The standard InChI is InChI=1S/C20H22F4N4O7/c1-11(29)33-10-16(30)28-3-2-26(4-5-34-28)17-14(21)6-12(7-15(17)22)27-9-13(35-20(27)32)8-25-19(31)18(23)24/h6-7,13,18H,2-5,8-10H2,1H3,(H,25,31)/t13-/m0/s1. The van der Waals surface area contributed by atoms with Crippen LogP contribution in [0, 0.1) is 11.6 Å². The number of hydrogen-bond donors (Lipinski definition) is 1. The number of hydrogen-bond acceptors (Lipinski definition) is 8. The van der Waals surface area contributed by atoms with Gasteiger partial charge in [0, 0.05) is 32.1 Å². The van der Waals surface area contributed by atoms with Crippen LogP contribution in [0.15, 0.2) is 12.1 Å². The number of halogens is 4. The first-order chi connectivity index (χ1) is 16.6. The summed E-state index contributed by atoms with van der Waals surface area (Å²) in [6.07, 6.45) is -5.19. The molecule has 35 heavy (non-hydrogen) atoms. The average molecular weight is 506 g/mol. The van der Waals surface area contributed by atoms with Gasteiger partial charge < -0.3 is 19.7 Å². The van der Waals surface area contributed by atoms with Gasteiger partial charge in [-0.1, -0.05) is 0 Å². The van der Waals surface area contributed by atoms with Gasteiger partial charge in [0.25, 0.3) is 11.8 Å². The molecular weight excluding hydrogens is 484 g/mol. The summed E-state index contributed by atoms with van der Waals surface area (Å²) < 4.78 is 64.0. The number of nitrogens with zero attached hydrogens (tertiary/aromatic N) is 3. The summed E-state index contributed by atoms with van der Waals surface area (Å²) in [5.41, 5.74) is -0.569. The molecule has 0 radical (unpaired) electrons. The van der Waals surface area contributed by atoms with Crippen molar-refractivity contribution in [3.63, 3.8) is 0 Å². The highest BCUT2D eigenvalue weighted by Gasteiger charge is 2.34.